The Morgan fingerprint density at radius 3 is 2.33 bits per heavy atom. The lowest BCUT2D eigenvalue weighted by Gasteiger charge is -2.25. The van der Waals surface area contributed by atoms with Crippen LogP contribution in [0.4, 0.5) is 5.69 Å². The molecular formula is C16H28N2. The molecule has 0 aliphatic heterocycles. The summed E-state index contributed by atoms with van der Waals surface area (Å²) in [5.41, 5.74) is 9.37. The van der Waals surface area contributed by atoms with E-state index in [1.807, 2.05) is 0 Å². The molecule has 0 heterocycles. The molecule has 2 N–H and O–H groups in total. The minimum absolute atomic E-state index is 0.813. The zero-order valence-electron chi connectivity index (χ0n) is 12.4. The van der Waals surface area contributed by atoms with E-state index in [4.69, 9.17) is 5.73 Å². The van der Waals surface area contributed by atoms with Crippen LogP contribution in [0.2, 0.25) is 0 Å². The van der Waals surface area contributed by atoms with Gasteiger partial charge in [-0.05, 0) is 36.6 Å². The molecule has 0 unspecified atom stereocenters. The van der Waals surface area contributed by atoms with Crippen LogP contribution in [0.1, 0.15) is 44.7 Å². The summed E-state index contributed by atoms with van der Waals surface area (Å²) < 4.78 is 0. The molecule has 2 nitrogen and oxygen atoms in total. The molecule has 0 atom stereocenters. The molecule has 0 spiro atoms. The van der Waals surface area contributed by atoms with Gasteiger partial charge in [0.25, 0.3) is 0 Å². The zero-order chi connectivity index (χ0) is 13.5. The molecule has 0 saturated carbocycles. The molecule has 1 aromatic rings. The smallest absolute Gasteiger partial charge is 0.0346 e. The second kappa shape index (κ2) is 7.42. The molecule has 0 aromatic heterocycles. The minimum Gasteiger partial charge on any atom is -0.399 e. The van der Waals surface area contributed by atoms with Gasteiger partial charge in [0.1, 0.15) is 0 Å². The molecule has 1 rings (SSSR count). The van der Waals surface area contributed by atoms with E-state index in [2.05, 4.69) is 50.8 Å². The van der Waals surface area contributed by atoms with Crippen LogP contribution >= 0.6 is 0 Å². The summed E-state index contributed by atoms with van der Waals surface area (Å²) in [6, 6.07) is 6.43. The average Bonchev–Trinajstić information content (AvgIpc) is 2.38. The van der Waals surface area contributed by atoms with Crippen molar-refractivity contribution in [2.45, 2.75) is 47.1 Å². The van der Waals surface area contributed by atoms with Crippen LogP contribution in [0, 0.1) is 12.8 Å². The van der Waals surface area contributed by atoms with E-state index in [-0.39, 0.29) is 0 Å². The van der Waals surface area contributed by atoms with Crippen LogP contribution in [-0.2, 0) is 6.54 Å². The molecule has 0 aliphatic carbocycles. The van der Waals surface area contributed by atoms with Crippen LogP contribution < -0.4 is 5.73 Å². The monoisotopic (exact) mass is 248 g/mol. The summed E-state index contributed by atoms with van der Waals surface area (Å²) in [5, 5.41) is 0. The van der Waals surface area contributed by atoms with Crippen molar-refractivity contribution in [3.05, 3.63) is 29.3 Å². The van der Waals surface area contributed by atoms with Crippen LogP contribution in [0.3, 0.4) is 0 Å². The summed E-state index contributed by atoms with van der Waals surface area (Å²) in [5.74, 6) is 0.813. The fourth-order valence-electron chi connectivity index (χ4n) is 2.26. The molecule has 0 aliphatic rings. The van der Waals surface area contributed by atoms with Crippen molar-refractivity contribution in [1.29, 1.82) is 0 Å². The molecule has 0 saturated heterocycles. The SMILES string of the molecule is CCC(CC)CN(CC)Cc1ccc(C)c(N)c1. The predicted octanol–water partition coefficient (Wildman–Crippen LogP) is 3.84. The van der Waals surface area contributed by atoms with Crippen molar-refractivity contribution < 1.29 is 0 Å². The van der Waals surface area contributed by atoms with Gasteiger partial charge in [0.2, 0.25) is 0 Å². The van der Waals surface area contributed by atoms with Crippen molar-refractivity contribution in [2.24, 2.45) is 5.92 Å². The standard InChI is InChI=1S/C16H28N2/c1-5-14(6-2)11-18(7-3)12-15-9-8-13(4)16(17)10-15/h8-10,14H,5-7,11-12,17H2,1-4H3. The number of anilines is 1. The number of nitrogens with two attached hydrogens (primary N) is 1. The Morgan fingerprint density at radius 1 is 1.17 bits per heavy atom. The van der Waals surface area contributed by atoms with Gasteiger partial charge in [0.05, 0.1) is 0 Å². The summed E-state index contributed by atoms with van der Waals surface area (Å²) >= 11 is 0. The van der Waals surface area contributed by atoms with Crippen molar-refractivity contribution in [1.82, 2.24) is 4.90 Å². The Bertz CT molecular complexity index is 356. The normalized spacial score (nSPS) is 11.4. The largest absolute Gasteiger partial charge is 0.399 e. The number of nitrogens with zero attached hydrogens (tertiary/aromatic N) is 1. The molecule has 2 heteroatoms. The van der Waals surface area contributed by atoms with Gasteiger partial charge in [-0.15, -0.1) is 0 Å². The number of benzene rings is 1. The van der Waals surface area contributed by atoms with Crippen LogP contribution in [0.25, 0.3) is 0 Å². The second-order valence-electron chi connectivity index (χ2n) is 5.20. The number of aryl methyl sites for hydroxylation is 1. The Kier molecular flexibility index (Phi) is 6.20. The molecule has 0 fully saturated rings. The highest BCUT2D eigenvalue weighted by Crippen LogP contribution is 2.16. The van der Waals surface area contributed by atoms with Gasteiger partial charge in [-0.2, -0.15) is 0 Å². The Morgan fingerprint density at radius 2 is 1.83 bits per heavy atom. The number of rotatable bonds is 7. The van der Waals surface area contributed by atoms with E-state index in [0.29, 0.717) is 0 Å². The first kappa shape index (κ1) is 15.0. The van der Waals surface area contributed by atoms with E-state index in [0.717, 1.165) is 24.7 Å². The lowest BCUT2D eigenvalue weighted by Crippen LogP contribution is -2.28. The fraction of sp³-hybridized carbons (Fsp3) is 0.625. The first-order valence-corrected chi connectivity index (χ1v) is 7.18. The maximum absolute atomic E-state index is 5.97. The van der Waals surface area contributed by atoms with Crippen LogP contribution in [0.15, 0.2) is 18.2 Å². The predicted molar refractivity (Wildman–Crippen MR) is 80.6 cm³/mol. The molecule has 1 aromatic carbocycles. The lowest BCUT2D eigenvalue weighted by atomic mass is 10.0. The van der Waals surface area contributed by atoms with Gasteiger partial charge in [0.15, 0.2) is 0 Å². The van der Waals surface area contributed by atoms with Gasteiger partial charge in [0, 0.05) is 18.8 Å². The van der Waals surface area contributed by atoms with Gasteiger partial charge in [-0.25, -0.2) is 0 Å². The topological polar surface area (TPSA) is 29.3 Å². The minimum atomic E-state index is 0.813. The molecule has 0 bridgehead atoms. The lowest BCUT2D eigenvalue weighted by molar-refractivity contribution is 0.226. The Balaban J connectivity index is 2.64. The first-order chi connectivity index (χ1) is 8.60. The molecule has 0 amide bonds. The summed E-state index contributed by atoms with van der Waals surface area (Å²) in [6.07, 6.45) is 2.53. The third kappa shape index (κ3) is 4.34. The average molecular weight is 248 g/mol. The van der Waals surface area contributed by atoms with E-state index in [1.54, 1.807) is 0 Å². The van der Waals surface area contributed by atoms with E-state index >= 15 is 0 Å². The summed E-state index contributed by atoms with van der Waals surface area (Å²) in [4.78, 5) is 2.52. The van der Waals surface area contributed by atoms with E-state index in [1.165, 1.54) is 30.5 Å². The number of hydrogen-bond donors (Lipinski definition) is 1. The molecule has 0 radical (unpaired) electrons. The first-order valence-electron chi connectivity index (χ1n) is 7.18. The van der Waals surface area contributed by atoms with Crippen LogP contribution in [0.5, 0.6) is 0 Å². The molecular weight excluding hydrogens is 220 g/mol. The molecule has 18 heavy (non-hydrogen) atoms. The maximum atomic E-state index is 5.97. The Labute approximate surface area is 112 Å². The third-order valence-corrected chi connectivity index (χ3v) is 3.87. The Hall–Kier alpha value is -1.02. The van der Waals surface area contributed by atoms with Crippen molar-refractivity contribution in [2.75, 3.05) is 18.8 Å². The van der Waals surface area contributed by atoms with Gasteiger partial charge in [-0.1, -0.05) is 45.7 Å². The zero-order valence-corrected chi connectivity index (χ0v) is 12.4. The maximum Gasteiger partial charge on any atom is 0.0346 e. The quantitative estimate of drug-likeness (QED) is 0.743. The van der Waals surface area contributed by atoms with Gasteiger partial charge >= 0.3 is 0 Å². The van der Waals surface area contributed by atoms with Crippen molar-refractivity contribution >= 4 is 5.69 Å². The molecule has 102 valence electrons. The fourth-order valence-corrected chi connectivity index (χ4v) is 2.26. The van der Waals surface area contributed by atoms with Gasteiger partial charge in [-0.3, -0.25) is 4.90 Å². The van der Waals surface area contributed by atoms with Crippen molar-refractivity contribution in [3.8, 4) is 0 Å². The van der Waals surface area contributed by atoms with Crippen molar-refractivity contribution in [3.63, 3.8) is 0 Å². The van der Waals surface area contributed by atoms with E-state index < -0.39 is 0 Å². The summed E-state index contributed by atoms with van der Waals surface area (Å²) in [6.45, 7) is 12.2. The highest BCUT2D eigenvalue weighted by Gasteiger charge is 2.10. The number of hydrogen-bond acceptors (Lipinski definition) is 2. The van der Waals surface area contributed by atoms with Gasteiger partial charge < -0.3 is 5.73 Å². The van der Waals surface area contributed by atoms with Crippen LogP contribution in [-0.4, -0.2) is 18.0 Å². The third-order valence-electron chi connectivity index (χ3n) is 3.87. The highest BCUT2D eigenvalue weighted by molar-refractivity contribution is 5.48. The highest BCUT2D eigenvalue weighted by atomic mass is 15.1. The van der Waals surface area contributed by atoms with E-state index in [9.17, 15) is 0 Å². The summed E-state index contributed by atoms with van der Waals surface area (Å²) in [7, 11) is 0. The second-order valence-corrected chi connectivity index (χ2v) is 5.20. The number of nitrogen functional groups attached to an aromatic ring is 1.